The number of aliphatic hydroxyl groups excluding tert-OH is 1. The molecule has 7 N–H and O–H groups in total. The Morgan fingerprint density at radius 3 is 2.00 bits per heavy atom. The predicted octanol–water partition coefficient (Wildman–Crippen LogP) is 5.20. The summed E-state index contributed by atoms with van der Waals surface area (Å²) >= 11 is 12.0. The predicted molar refractivity (Wildman–Crippen MR) is 159 cm³/mol. The Kier molecular flexibility index (Phi) is 17.2. The Morgan fingerprint density at radius 2 is 1.49 bits per heavy atom. The highest BCUT2D eigenvalue weighted by atomic mass is 35.5. The van der Waals surface area contributed by atoms with Gasteiger partial charge < -0.3 is 36.2 Å². The average Bonchev–Trinajstić information content (AvgIpc) is 2.93. The van der Waals surface area contributed by atoms with Gasteiger partial charge >= 0.3 is 17.9 Å². The number of ether oxygens (including phenoxy) is 1. The van der Waals surface area contributed by atoms with E-state index >= 15 is 0 Å². The van der Waals surface area contributed by atoms with E-state index in [4.69, 9.17) is 43.9 Å². The molecule has 2 aromatic rings. The number of nitrogens with one attached hydrogen (secondary N) is 1. The molecular formula is C29H38Cl2N2O8. The first-order valence-corrected chi connectivity index (χ1v) is 13.8. The van der Waals surface area contributed by atoms with E-state index < -0.39 is 24.0 Å². The van der Waals surface area contributed by atoms with Crippen LogP contribution in [0.1, 0.15) is 55.8 Å². The molecule has 10 nitrogen and oxygen atoms in total. The number of benzene rings is 2. The summed E-state index contributed by atoms with van der Waals surface area (Å²) < 4.78 is 5.15. The van der Waals surface area contributed by atoms with Crippen molar-refractivity contribution in [3.8, 4) is 5.75 Å². The molecule has 0 radical (unpaired) electrons. The number of carboxylic acid groups (broad SMARTS) is 3. The van der Waals surface area contributed by atoms with Gasteiger partial charge in [-0.1, -0.05) is 54.6 Å². The molecule has 0 aromatic heterocycles. The van der Waals surface area contributed by atoms with Gasteiger partial charge in [-0.15, -0.1) is 0 Å². The summed E-state index contributed by atoms with van der Waals surface area (Å²) in [7, 11) is 1.63. The molecule has 0 amide bonds. The van der Waals surface area contributed by atoms with Crippen LogP contribution in [-0.4, -0.2) is 58.5 Å². The zero-order valence-corrected chi connectivity index (χ0v) is 24.4. The normalized spacial score (nSPS) is 12.3. The third-order valence-electron chi connectivity index (χ3n) is 6.14. The lowest BCUT2D eigenvalue weighted by Crippen LogP contribution is -2.22. The number of nitrogens with two attached hydrogens (primary N) is 1. The van der Waals surface area contributed by atoms with Gasteiger partial charge in [0, 0.05) is 18.7 Å². The summed E-state index contributed by atoms with van der Waals surface area (Å²) in [5, 5.41) is 39.3. The van der Waals surface area contributed by atoms with Crippen molar-refractivity contribution in [2.45, 2.75) is 51.0 Å². The zero-order chi connectivity index (χ0) is 30.8. The molecular weight excluding hydrogens is 575 g/mol. The minimum absolute atomic E-state index is 0.313. The van der Waals surface area contributed by atoms with E-state index in [1.54, 1.807) is 19.2 Å². The number of hydrogen-bond donors (Lipinski definition) is 6. The number of rotatable bonds is 17. The maximum Gasteiger partial charge on any atom is 0.328 e. The molecule has 0 fully saturated rings. The van der Waals surface area contributed by atoms with Crippen molar-refractivity contribution >= 4 is 46.8 Å². The van der Waals surface area contributed by atoms with Crippen molar-refractivity contribution in [1.82, 2.24) is 5.32 Å². The fraction of sp³-hybridized carbons (Fsp3) is 0.414. The van der Waals surface area contributed by atoms with Crippen LogP contribution >= 0.6 is 23.2 Å². The summed E-state index contributed by atoms with van der Waals surface area (Å²) in [6.07, 6.45) is 6.32. The molecule has 0 bridgehead atoms. The zero-order valence-electron chi connectivity index (χ0n) is 22.9. The molecule has 2 atom stereocenters. The summed E-state index contributed by atoms with van der Waals surface area (Å²) in [6.45, 7) is 1.16. The van der Waals surface area contributed by atoms with E-state index in [-0.39, 0.29) is 5.92 Å². The summed E-state index contributed by atoms with van der Waals surface area (Å²) in [5.41, 5.74) is 7.78. The second kappa shape index (κ2) is 19.7. The third-order valence-corrected chi connectivity index (χ3v) is 6.76. The molecule has 2 rings (SSSR count). The highest BCUT2D eigenvalue weighted by molar-refractivity contribution is 6.38. The van der Waals surface area contributed by atoms with Crippen molar-refractivity contribution in [2.24, 2.45) is 5.92 Å². The van der Waals surface area contributed by atoms with Crippen LogP contribution in [0.25, 0.3) is 0 Å². The number of unbranched alkanes of at least 4 members (excludes halogenated alkanes) is 3. The van der Waals surface area contributed by atoms with E-state index in [1.165, 1.54) is 0 Å². The number of nitrogen functional groups attached to an aromatic ring is 1. The number of carbonyl (C=O) groups is 3. The number of aryl methyl sites for hydroxylation is 1. The number of anilines is 1. The fourth-order valence-electron chi connectivity index (χ4n) is 3.81. The van der Waals surface area contributed by atoms with Crippen LogP contribution in [0.2, 0.25) is 10.0 Å². The fourth-order valence-corrected chi connectivity index (χ4v) is 4.32. The molecule has 2 unspecified atom stereocenters. The van der Waals surface area contributed by atoms with Crippen LogP contribution in [0.3, 0.4) is 0 Å². The molecule has 0 aliphatic heterocycles. The first-order valence-electron chi connectivity index (χ1n) is 13.1. The Labute approximate surface area is 249 Å². The lowest BCUT2D eigenvalue weighted by Gasteiger charge is -2.14. The first-order chi connectivity index (χ1) is 19.4. The van der Waals surface area contributed by atoms with Gasteiger partial charge in [0.2, 0.25) is 0 Å². The second-order valence-electron chi connectivity index (χ2n) is 9.25. The van der Waals surface area contributed by atoms with E-state index in [0.717, 1.165) is 50.0 Å². The lowest BCUT2D eigenvalue weighted by molar-refractivity contribution is -0.142. The number of carboxylic acids is 3. The van der Waals surface area contributed by atoms with Gasteiger partial charge in [0.1, 0.15) is 5.75 Å². The van der Waals surface area contributed by atoms with Crippen molar-refractivity contribution in [2.75, 3.05) is 25.9 Å². The minimum atomic E-state index is -1.26. The van der Waals surface area contributed by atoms with Crippen LogP contribution in [0.5, 0.6) is 5.75 Å². The lowest BCUT2D eigenvalue weighted by atomic mass is 9.94. The number of hydrogen-bond acceptors (Lipinski definition) is 7. The molecule has 0 saturated heterocycles. The molecule has 226 valence electrons. The summed E-state index contributed by atoms with van der Waals surface area (Å²) in [4.78, 5) is 30.7. The third kappa shape index (κ3) is 15.3. The summed E-state index contributed by atoms with van der Waals surface area (Å²) in [6, 6.07) is 11.0. The SMILES string of the molecule is COc1ccc(CCC(CCCCCCNCC(O)c2cc(Cl)c(N)c(Cl)c2)C(=O)O)cc1.O=C(O)/C=C\C(=O)O. The molecule has 2 aromatic carbocycles. The number of aliphatic carboxylic acids is 3. The topological polar surface area (TPSA) is 179 Å². The van der Waals surface area contributed by atoms with E-state index in [1.807, 2.05) is 24.3 Å². The minimum Gasteiger partial charge on any atom is -0.497 e. The molecule has 0 aliphatic carbocycles. The molecule has 0 aliphatic rings. The first kappa shape index (κ1) is 35.7. The average molecular weight is 614 g/mol. The largest absolute Gasteiger partial charge is 0.497 e. The standard InChI is InChI=1S/C25H34Cl2N2O4.C4H4O4/c1-33-20-11-8-17(9-12-20)7-10-18(25(31)32)6-4-2-3-5-13-29-16-23(30)19-14-21(26)24(28)22(27)15-19;5-3(6)1-2-4(7)8/h8-9,11-12,14-15,18,23,29-30H,2-7,10,13,16,28H2,1H3,(H,31,32);1-2H,(H,5,6)(H,7,8)/b;2-1-. The van der Waals surface area contributed by atoms with Crippen molar-refractivity contribution < 1.29 is 39.5 Å². The quantitative estimate of drug-likeness (QED) is 0.0789. The van der Waals surface area contributed by atoms with Gasteiger partial charge in [0.05, 0.1) is 34.9 Å². The maximum atomic E-state index is 11.6. The van der Waals surface area contributed by atoms with Gasteiger partial charge in [-0.25, -0.2) is 9.59 Å². The number of halogens is 2. The number of methoxy groups -OCH3 is 1. The number of aliphatic hydroxyl groups is 1. The molecule has 41 heavy (non-hydrogen) atoms. The smallest absolute Gasteiger partial charge is 0.328 e. The highest BCUT2D eigenvalue weighted by Crippen LogP contribution is 2.31. The van der Waals surface area contributed by atoms with E-state index in [9.17, 15) is 24.6 Å². The van der Waals surface area contributed by atoms with E-state index in [0.29, 0.717) is 52.8 Å². The van der Waals surface area contributed by atoms with Crippen molar-refractivity contribution in [3.05, 3.63) is 69.7 Å². The highest BCUT2D eigenvalue weighted by Gasteiger charge is 2.17. The second-order valence-corrected chi connectivity index (χ2v) is 10.1. The Balaban J connectivity index is 0.000000915. The van der Waals surface area contributed by atoms with Crippen LogP contribution in [0, 0.1) is 5.92 Å². The van der Waals surface area contributed by atoms with Crippen LogP contribution in [0.4, 0.5) is 5.69 Å². The Hall–Kier alpha value is -3.31. The molecule has 12 heteroatoms. The Morgan fingerprint density at radius 1 is 0.927 bits per heavy atom. The monoisotopic (exact) mass is 612 g/mol. The van der Waals surface area contributed by atoms with Gasteiger partial charge in [0.15, 0.2) is 0 Å². The van der Waals surface area contributed by atoms with Crippen LogP contribution in [0.15, 0.2) is 48.6 Å². The van der Waals surface area contributed by atoms with Gasteiger partial charge in [-0.3, -0.25) is 4.79 Å². The van der Waals surface area contributed by atoms with E-state index in [2.05, 4.69) is 5.32 Å². The van der Waals surface area contributed by atoms with Crippen molar-refractivity contribution in [1.29, 1.82) is 0 Å². The maximum absolute atomic E-state index is 11.6. The van der Waals surface area contributed by atoms with Crippen LogP contribution in [-0.2, 0) is 20.8 Å². The summed E-state index contributed by atoms with van der Waals surface area (Å²) in [5.74, 6) is -2.75. The Bertz CT molecular complexity index is 1100. The molecule has 0 heterocycles. The van der Waals surface area contributed by atoms with Crippen LogP contribution < -0.4 is 15.8 Å². The van der Waals surface area contributed by atoms with Crippen molar-refractivity contribution in [3.63, 3.8) is 0 Å². The van der Waals surface area contributed by atoms with Gasteiger partial charge in [-0.05, 0) is 67.6 Å². The molecule has 0 saturated carbocycles. The van der Waals surface area contributed by atoms with Gasteiger partial charge in [0.25, 0.3) is 0 Å². The van der Waals surface area contributed by atoms with Gasteiger partial charge in [-0.2, -0.15) is 0 Å². The molecule has 0 spiro atoms.